The molecule has 26 heavy (non-hydrogen) atoms. The molecule has 1 amide bonds. The van der Waals surface area contributed by atoms with Gasteiger partial charge in [0, 0.05) is 28.4 Å². The monoisotopic (exact) mass is 389 g/mol. The summed E-state index contributed by atoms with van der Waals surface area (Å²) in [5, 5.41) is 1.45. The van der Waals surface area contributed by atoms with Gasteiger partial charge in [0.25, 0.3) is 0 Å². The van der Waals surface area contributed by atoms with E-state index in [4.69, 9.17) is 23.2 Å². The molecule has 1 fully saturated rings. The van der Waals surface area contributed by atoms with Crippen LogP contribution >= 0.6 is 23.2 Å². The third-order valence-corrected chi connectivity index (χ3v) is 5.95. The molecule has 1 heterocycles. The van der Waals surface area contributed by atoms with E-state index in [9.17, 15) is 4.79 Å². The predicted molar refractivity (Wildman–Crippen MR) is 109 cm³/mol. The minimum atomic E-state index is 0.0110. The number of halogens is 2. The van der Waals surface area contributed by atoms with Gasteiger partial charge < -0.3 is 4.90 Å². The van der Waals surface area contributed by atoms with E-state index in [0.29, 0.717) is 11.4 Å². The van der Waals surface area contributed by atoms with Crippen LogP contribution in [-0.4, -0.2) is 16.8 Å². The summed E-state index contributed by atoms with van der Waals surface area (Å²) in [7, 11) is 0. The van der Waals surface area contributed by atoms with Crippen LogP contribution in [0.5, 0.6) is 0 Å². The second kappa shape index (κ2) is 8.45. The number of hydrogen-bond donors (Lipinski definition) is 0. The molecule has 0 aliphatic carbocycles. The fraction of sp³-hybridized carbons (Fsp3) is 0.409. The fourth-order valence-electron chi connectivity index (χ4n) is 4.17. The topological polar surface area (TPSA) is 20.3 Å². The highest BCUT2D eigenvalue weighted by Gasteiger charge is 2.40. The van der Waals surface area contributed by atoms with Crippen LogP contribution in [0.2, 0.25) is 10.0 Å². The van der Waals surface area contributed by atoms with Gasteiger partial charge in [-0.2, -0.15) is 0 Å². The maximum absolute atomic E-state index is 12.9. The molecule has 1 aliphatic heterocycles. The molecular weight excluding hydrogens is 365 g/mol. The van der Waals surface area contributed by atoms with E-state index in [2.05, 4.69) is 36.9 Å². The molecule has 2 nitrogen and oxygen atoms in total. The zero-order valence-corrected chi connectivity index (χ0v) is 16.8. The van der Waals surface area contributed by atoms with Gasteiger partial charge in [-0.1, -0.05) is 61.3 Å². The van der Waals surface area contributed by atoms with Crippen molar-refractivity contribution in [1.82, 2.24) is 4.90 Å². The van der Waals surface area contributed by atoms with Gasteiger partial charge in [0.2, 0.25) is 5.91 Å². The molecule has 1 saturated heterocycles. The van der Waals surface area contributed by atoms with Gasteiger partial charge in [-0.3, -0.25) is 4.79 Å². The second-order valence-electron chi connectivity index (χ2n) is 6.97. The lowest BCUT2D eigenvalue weighted by molar-refractivity contribution is -0.141. The summed E-state index contributed by atoms with van der Waals surface area (Å²) >= 11 is 12.4. The van der Waals surface area contributed by atoms with Crippen molar-refractivity contribution in [3.05, 3.63) is 69.7 Å². The molecule has 138 valence electrons. The van der Waals surface area contributed by atoms with E-state index < -0.39 is 0 Å². The third-order valence-electron chi connectivity index (χ3n) is 5.46. The second-order valence-corrected chi connectivity index (χ2v) is 7.84. The van der Waals surface area contributed by atoms with Crippen molar-refractivity contribution in [2.24, 2.45) is 0 Å². The Hall–Kier alpha value is -1.51. The smallest absolute Gasteiger partial charge is 0.223 e. The molecule has 3 rings (SSSR count). The maximum Gasteiger partial charge on any atom is 0.223 e. The number of nitrogens with zero attached hydrogens (tertiary/aromatic N) is 1. The van der Waals surface area contributed by atoms with Gasteiger partial charge in [-0.15, -0.1) is 0 Å². The largest absolute Gasteiger partial charge is 0.332 e. The molecule has 0 unspecified atom stereocenters. The van der Waals surface area contributed by atoms with Crippen LogP contribution < -0.4 is 0 Å². The molecular formula is C22H25Cl2NO. The Morgan fingerprint density at radius 1 is 1.00 bits per heavy atom. The molecule has 0 saturated carbocycles. The molecule has 2 aromatic rings. The first-order valence-electron chi connectivity index (χ1n) is 9.37. The Labute approximate surface area is 166 Å². The van der Waals surface area contributed by atoms with Crippen LogP contribution in [0.15, 0.2) is 48.5 Å². The van der Waals surface area contributed by atoms with Gasteiger partial charge >= 0.3 is 0 Å². The van der Waals surface area contributed by atoms with Crippen LogP contribution in [0, 0.1) is 0 Å². The highest BCUT2D eigenvalue weighted by Crippen LogP contribution is 2.45. The van der Waals surface area contributed by atoms with Crippen molar-refractivity contribution in [3.63, 3.8) is 0 Å². The maximum atomic E-state index is 12.9. The molecule has 2 aromatic carbocycles. The van der Waals surface area contributed by atoms with Crippen molar-refractivity contribution in [2.75, 3.05) is 0 Å². The average molecular weight is 390 g/mol. The molecule has 0 spiro atoms. The summed E-state index contributed by atoms with van der Waals surface area (Å²) in [5.41, 5.74) is 2.33. The zero-order chi connectivity index (χ0) is 18.7. The Kier molecular flexibility index (Phi) is 6.26. The highest BCUT2D eigenvalue weighted by molar-refractivity contribution is 6.30. The number of likely N-dealkylation sites (tertiary alicyclic amines) is 1. The average Bonchev–Trinajstić information content (AvgIpc) is 2.64. The summed E-state index contributed by atoms with van der Waals surface area (Å²) < 4.78 is 0. The molecule has 0 bridgehead atoms. The van der Waals surface area contributed by atoms with Crippen molar-refractivity contribution < 1.29 is 4.79 Å². The number of benzene rings is 2. The van der Waals surface area contributed by atoms with Crippen molar-refractivity contribution in [3.8, 4) is 0 Å². The number of carbonyl (C=O) groups excluding carboxylic acids is 1. The Balaban J connectivity index is 2.09. The number of rotatable bonds is 5. The van der Waals surface area contributed by atoms with Gasteiger partial charge in [-0.05, 0) is 54.7 Å². The van der Waals surface area contributed by atoms with E-state index in [1.54, 1.807) is 0 Å². The van der Waals surface area contributed by atoms with E-state index in [1.165, 1.54) is 5.56 Å². The Morgan fingerprint density at radius 2 is 1.69 bits per heavy atom. The predicted octanol–water partition coefficient (Wildman–Crippen LogP) is 6.63. The lowest BCUT2D eigenvalue weighted by atomic mass is 9.78. The van der Waals surface area contributed by atoms with Crippen molar-refractivity contribution in [2.45, 2.75) is 57.5 Å². The van der Waals surface area contributed by atoms with Crippen molar-refractivity contribution in [1.29, 1.82) is 0 Å². The van der Waals surface area contributed by atoms with Crippen LogP contribution in [-0.2, 0) is 4.79 Å². The first-order valence-corrected chi connectivity index (χ1v) is 10.1. The van der Waals surface area contributed by atoms with Crippen molar-refractivity contribution >= 4 is 29.1 Å². The lowest BCUT2D eigenvalue weighted by Gasteiger charge is -2.45. The summed E-state index contributed by atoms with van der Waals surface area (Å²) in [5.74, 6) is 0.477. The summed E-state index contributed by atoms with van der Waals surface area (Å²) in [4.78, 5) is 15.0. The number of piperidine rings is 1. The number of amides is 1. The van der Waals surface area contributed by atoms with Gasteiger partial charge in [0.05, 0.1) is 6.04 Å². The van der Waals surface area contributed by atoms with Crippen LogP contribution in [0.4, 0.5) is 0 Å². The number of hydrogen-bond acceptors (Lipinski definition) is 1. The SMILES string of the molecule is CCC(CC)N1C(=O)CC[C@H](c2cccc(Cl)c2)[C@H]1c1ccc(Cl)cc1. The summed E-state index contributed by atoms with van der Waals surface area (Å²) in [6.07, 6.45) is 3.32. The molecule has 1 aliphatic rings. The van der Waals surface area contributed by atoms with E-state index in [-0.39, 0.29) is 23.9 Å². The molecule has 0 aromatic heterocycles. The van der Waals surface area contributed by atoms with Gasteiger partial charge in [0.1, 0.15) is 0 Å². The first kappa shape index (κ1) is 19.3. The van der Waals surface area contributed by atoms with E-state index in [1.807, 2.05) is 30.3 Å². The third kappa shape index (κ3) is 3.92. The van der Waals surface area contributed by atoms with Crippen LogP contribution in [0.1, 0.15) is 62.6 Å². The van der Waals surface area contributed by atoms with Crippen LogP contribution in [0.25, 0.3) is 0 Å². The molecule has 4 heteroatoms. The molecule has 0 N–H and O–H groups in total. The fourth-order valence-corrected chi connectivity index (χ4v) is 4.49. The lowest BCUT2D eigenvalue weighted by Crippen LogP contribution is -2.47. The number of carbonyl (C=O) groups is 1. The minimum absolute atomic E-state index is 0.0110. The standard InChI is InChI=1S/C22H25Cl2NO/c1-3-19(4-2)25-21(26)13-12-20(16-6-5-7-18(24)14-16)22(25)15-8-10-17(23)11-9-15/h5-11,14,19-20,22H,3-4,12-13H2,1-2H3/t20-,22-/m1/s1. The quantitative estimate of drug-likeness (QED) is 0.561. The van der Waals surface area contributed by atoms with Gasteiger partial charge in [-0.25, -0.2) is 0 Å². The highest BCUT2D eigenvalue weighted by atomic mass is 35.5. The zero-order valence-electron chi connectivity index (χ0n) is 15.3. The summed E-state index contributed by atoms with van der Waals surface area (Å²) in [6.45, 7) is 4.31. The van der Waals surface area contributed by atoms with E-state index in [0.717, 1.165) is 29.8 Å². The van der Waals surface area contributed by atoms with Crippen LogP contribution in [0.3, 0.4) is 0 Å². The normalized spacial score (nSPS) is 20.7. The van der Waals surface area contributed by atoms with Gasteiger partial charge in [0.15, 0.2) is 0 Å². The Bertz CT molecular complexity index is 755. The molecule has 2 atom stereocenters. The minimum Gasteiger partial charge on any atom is -0.332 e. The summed E-state index contributed by atoms with van der Waals surface area (Å²) in [6, 6.07) is 16.2. The first-order chi connectivity index (χ1) is 12.5. The van der Waals surface area contributed by atoms with E-state index >= 15 is 0 Å². The molecule has 0 radical (unpaired) electrons. The Morgan fingerprint density at radius 3 is 2.31 bits per heavy atom.